The summed E-state index contributed by atoms with van der Waals surface area (Å²) in [4.78, 5) is 22.0. The maximum absolute atomic E-state index is 12.5. The largest absolute Gasteiger partial charge is 0.461 e. The normalized spacial score (nSPS) is 14.5. The minimum Gasteiger partial charge on any atom is -0.461 e. The first-order valence-electron chi connectivity index (χ1n) is 7.92. The van der Waals surface area contributed by atoms with Crippen molar-refractivity contribution in [2.45, 2.75) is 19.5 Å². The third kappa shape index (κ3) is 3.35. The molecule has 1 aliphatic heterocycles. The highest BCUT2D eigenvalue weighted by molar-refractivity contribution is 6.35. The van der Waals surface area contributed by atoms with Crippen LogP contribution in [0.25, 0.3) is 11.6 Å². The summed E-state index contributed by atoms with van der Waals surface area (Å²) in [5.74, 6) is 1.04. The number of fused-ring (bicyclic) bond motifs is 1. The lowest BCUT2D eigenvalue weighted by molar-refractivity contribution is 0.242. The molecule has 4 rings (SSSR count). The second kappa shape index (κ2) is 6.67. The van der Waals surface area contributed by atoms with Gasteiger partial charge in [0, 0.05) is 36.1 Å². The smallest absolute Gasteiger partial charge is 0.256 e. The van der Waals surface area contributed by atoms with Crippen molar-refractivity contribution >= 4 is 23.2 Å². The van der Waals surface area contributed by atoms with Gasteiger partial charge in [-0.3, -0.25) is 9.69 Å². The fourth-order valence-electron chi connectivity index (χ4n) is 3.04. The zero-order chi connectivity index (χ0) is 17.4. The topological polar surface area (TPSA) is 62.1 Å². The van der Waals surface area contributed by atoms with Gasteiger partial charge < -0.3 is 9.40 Å². The molecule has 0 saturated carbocycles. The highest BCUT2D eigenvalue weighted by Gasteiger charge is 2.22. The van der Waals surface area contributed by atoms with Crippen molar-refractivity contribution in [1.29, 1.82) is 0 Å². The molecule has 0 unspecified atom stereocenters. The van der Waals surface area contributed by atoms with Crippen LogP contribution < -0.4 is 5.56 Å². The summed E-state index contributed by atoms with van der Waals surface area (Å²) in [6.07, 6.45) is 2.27. The van der Waals surface area contributed by atoms with Gasteiger partial charge in [-0.15, -0.1) is 0 Å². The van der Waals surface area contributed by atoms with E-state index in [2.05, 4.69) is 14.9 Å². The lowest BCUT2D eigenvalue weighted by atomic mass is 10.1. The molecule has 0 atom stereocenters. The average Bonchev–Trinajstić information content (AvgIpc) is 3.12. The van der Waals surface area contributed by atoms with E-state index in [4.69, 9.17) is 27.6 Å². The van der Waals surface area contributed by atoms with Crippen LogP contribution in [0.5, 0.6) is 0 Å². The van der Waals surface area contributed by atoms with Gasteiger partial charge in [0.2, 0.25) is 0 Å². The van der Waals surface area contributed by atoms with Crippen LogP contribution in [-0.2, 0) is 19.5 Å². The Hall–Kier alpha value is -2.08. The predicted molar refractivity (Wildman–Crippen MR) is 96.8 cm³/mol. The summed E-state index contributed by atoms with van der Waals surface area (Å²) in [5.41, 5.74) is 2.40. The van der Waals surface area contributed by atoms with Gasteiger partial charge in [0.15, 0.2) is 11.6 Å². The number of H-pyrrole nitrogens is 1. The van der Waals surface area contributed by atoms with Crippen LogP contribution >= 0.6 is 23.2 Å². The van der Waals surface area contributed by atoms with Crippen molar-refractivity contribution in [2.24, 2.45) is 0 Å². The Kier molecular flexibility index (Phi) is 4.37. The van der Waals surface area contributed by atoms with E-state index in [-0.39, 0.29) is 5.56 Å². The van der Waals surface area contributed by atoms with Crippen molar-refractivity contribution in [3.8, 4) is 11.6 Å². The van der Waals surface area contributed by atoms with E-state index in [1.165, 1.54) is 0 Å². The molecule has 1 N–H and O–H groups in total. The molecular weight excluding hydrogens is 361 g/mol. The van der Waals surface area contributed by atoms with E-state index in [0.717, 1.165) is 17.8 Å². The second-order valence-corrected chi connectivity index (χ2v) is 6.86. The predicted octanol–water partition coefficient (Wildman–Crippen LogP) is 3.90. The van der Waals surface area contributed by atoms with Gasteiger partial charge in [-0.1, -0.05) is 29.3 Å². The summed E-state index contributed by atoms with van der Waals surface area (Å²) in [7, 11) is 0. The number of benzene rings is 1. The van der Waals surface area contributed by atoms with Crippen molar-refractivity contribution in [2.75, 3.05) is 6.54 Å². The molecule has 0 fully saturated rings. The molecule has 5 nitrogen and oxygen atoms in total. The number of hydrogen-bond acceptors (Lipinski definition) is 4. The number of furan rings is 1. The molecule has 2 aromatic heterocycles. The van der Waals surface area contributed by atoms with Gasteiger partial charge in [-0.25, -0.2) is 4.98 Å². The van der Waals surface area contributed by atoms with Gasteiger partial charge in [-0.2, -0.15) is 0 Å². The number of halogens is 2. The van der Waals surface area contributed by atoms with E-state index < -0.39 is 0 Å². The Balaban J connectivity index is 1.58. The SMILES string of the molecule is O=c1[nH]c(-c2ccco2)nc2c1CN(Cc1ccc(Cl)cc1Cl)CC2. The quantitative estimate of drug-likeness (QED) is 0.753. The number of hydrogen-bond donors (Lipinski definition) is 1. The van der Waals surface area contributed by atoms with Crippen LogP contribution in [0.3, 0.4) is 0 Å². The number of aromatic nitrogens is 2. The molecule has 0 amide bonds. The van der Waals surface area contributed by atoms with Gasteiger partial charge in [0.25, 0.3) is 5.56 Å². The number of aromatic amines is 1. The minimum absolute atomic E-state index is 0.122. The number of nitrogens with one attached hydrogen (secondary N) is 1. The molecule has 128 valence electrons. The molecular formula is C18H15Cl2N3O2. The fourth-order valence-corrected chi connectivity index (χ4v) is 3.50. The highest BCUT2D eigenvalue weighted by Crippen LogP contribution is 2.25. The van der Waals surface area contributed by atoms with Crippen LogP contribution in [0.15, 0.2) is 45.8 Å². The van der Waals surface area contributed by atoms with Crippen molar-refractivity contribution < 1.29 is 4.42 Å². The number of rotatable bonds is 3. The van der Waals surface area contributed by atoms with Crippen LogP contribution in [0.4, 0.5) is 0 Å². The molecule has 0 radical (unpaired) electrons. The molecule has 0 aliphatic carbocycles. The summed E-state index contributed by atoms with van der Waals surface area (Å²) >= 11 is 12.2. The zero-order valence-corrected chi connectivity index (χ0v) is 14.8. The molecule has 1 aromatic carbocycles. The van der Waals surface area contributed by atoms with E-state index in [1.807, 2.05) is 12.1 Å². The Morgan fingerprint density at radius 2 is 2.16 bits per heavy atom. The van der Waals surface area contributed by atoms with E-state index in [0.29, 0.717) is 46.7 Å². The first-order chi connectivity index (χ1) is 12.1. The van der Waals surface area contributed by atoms with Crippen molar-refractivity contribution in [1.82, 2.24) is 14.9 Å². The van der Waals surface area contributed by atoms with Gasteiger partial charge in [-0.05, 0) is 29.8 Å². The van der Waals surface area contributed by atoms with Crippen LogP contribution in [0.1, 0.15) is 16.8 Å². The van der Waals surface area contributed by atoms with Gasteiger partial charge in [0.05, 0.1) is 17.5 Å². The lowest BCUT2D eigenvalue weighted by Crippen LogP contribution is -2.35. The van der Waals surface area contributed by atoms with E-state index in [1.54, 1.807) is 24.5 Å². The van der Waals surface area contributed by atoms with Crippen molar-refractivity contribution in [3.63, 3.8) is 0 Å². The molecule has 3 heterocycles. The molecule has 0 spiro atoms. The first kappa shape index (κ1) is 16.4. The fraction of sp³-hybridized carbons (Fsp3) is 0.222. The summed E-state index contributed by atoms with van der Waals surface area (Å²) in [6, 6.07) is 9.03. The van der Waals surface area contributed by atoms with Crippen molar-refractivity contribution in [3.05, 3.63) is 73.8 Å². The summed E-state index contributed by atoms with van der Waals surface area (Å²) < 4.78 is 5.32. The Morgan fingerprint density at radius 1 is 1.28 bits per heavy atom. The van der Waals surface area contributed by atoms with E-state index in [9.17, 15) is 4.79 Å². The lowest BCUT2D eigenvalue weighted by Gasteiger charge is -2.28. The maximum Gasteiger partial charge on any atom is 0.256 e. The van der Waals surface area contributed by atoms with Gasteiger partial charge >= 0.3 is 0 Å². The summed E-state index contributed by atoms with van der Waals surface area (Å²) in [5, 5.41) is 1.25. The van der Waals surface area contributed by atoms with Crippen LogP contribution in [0, 0.1) is 0 Å². The van der Waals surface area contributed by atoms with Gasteiger partial charge in [0.1, 0.15) is 0 Å². The van der Waals surface area contributed by atoms with Crippen LogP contribution in [0.2, 0.25) is 10.0 Å². The molecule has 7 heteroatoms. The highest BCUT2D eigenvalue weighted by atomic mass is 35.5. The monoisotopic (exact) mass is 375 g/mol. The number of nitrogens with zero attached hydrogens (tertiary/aromatic N) is 2. The Labute approximate surface area is 154 Å². The Bertz CT molecular complexity index is 967. The second-order valence-electron chi connectivity index (χ2n) is 6.01. The standard InChI is InChI=1S/C18H15Cl2N3O2/c19-12-4-3-11(14(20)8-12)9-23-6-5-15-13(10-23)18(24)22-17(21-15)16-2-1-7-25-16/h1-4,7-8H,5-6,9-10H2,(H,21,22,24). The zero-order valence-electron chi connectivity index (χ0n) is 13.3. The maximum atomic E-state index is 12.5. The molecule has 25 heavy (non-hydrogen) atoms. The molecule has 0 saturated heterocycles. The molecule has 0 bridgehead atoms. The third-order valence-corrected chi connectivity index (χ3v) is 4.90. The summed E-state index contributed by atoms with van der Waals surface area (Å²) in [6.45, 7) is 2.00. The van der Waals surface area contributed by atoms with E-state index >= 15 is 0 Å². The Morgan fingerprint density at radius 3 is 2.92 bits per heavy atom. The first-order valence-corrected chi connectivity index (χ1v) is 8.68. The third-order valence-electron chi connectivity index (χ3n) is 4.31. The van der Waals surface area contributed by atoms with Crippen LogP contribution in [-0.4, -0.2) is 21.4 Å². The molecule has 1 aliphatic rings. The average molecular weight is 376 g/mol. The molecule has 3 aromatic rings. The minimum atomic E-state index is -0.122.